The Morgan fingerprint density at radius 1 is 0.909 bits per heavy atom. The zero-order valence-electron chi connectivity index (χ0n) is 25.0. The van der Waals surface area contributed by atoms with Gasteiger partial charge in [-0.3, -0.25) is 9.56 Å². The molecule has 238 valence electrons. The van der Waals surface area contributed by atoms with Crippen LogP contribution >= 0.6 is 19.2 Å². The molecule has 44 heavy (non-hydrogen) atoms. The van der Waals surface area contributed by atoms with Crippen molar-refractivity contribution in [2.24, 2.45) is 4.99 Å². The molecule has 8 nitrogen and oxygen atoms in total. The quantitative estimate of drug-likeness (QED) is 0.0830. The lowest BCUT2D eigenvalue weighted by atomic mass is 10.0. The molecule has 0 aliphatic rings. The largest absolute Gasteiger partial charge is 0.425 e. The minimum atomic E-state index is -5.28. The van der Waals surface area contributed by atoms with E-state index in [-0.39, 0.29) is 24.7 Å². The van der Waals surface area contributed by atoms with E-state index in [2.05, 4.69) is 9.71 Å². The molecule has 3 aromatic rings. The molecular weight excluding hydrogens is 633 g/mol. The summed E-state index contributed by atoms with van der Waals surface area (Å²) < 4.78 is 77.4. The first-order valence-corrected chi connectivity index (χ1v) is 16.9. The van der Waals surface area contributed by atoms with Crippen molar-refractivity contribution in [3.05, 3.63) is 101 Å². The Balaban J connectivity index is 2.34. The van der Waals surface area contributed by atoms with Gasteiger partial charge < -0.3 is 13.8 Å². The fourth-order valence-corrected chi connectivity index (χ4v) is 6.65. The molecule has 0 fully saturated rings. The predicted octanol–water partition coefficient (Wildman–Crippen LogP) is 7.43. The minimum Gasteiger partial charge on any atom is -0.425 e. The number of carbonyl (C=O) groups is 1. The maximum Gasteiger partial charge on any atom is 0.401 e. The number of hydrogen-bond acceptors (Lipinski definition) is 7. The van der Waals surface area contributed by atoms with Crippen molar-refractivity contribution in [2.45, 2.75) is 57.1 Å². The number of benzene rings is 3. The van der Waals surface area contributed by atoms with Gasteiger partial charge in [0, 0.05) is 16.1 Å². The molecule has 0 radical (unpaired) electrons. The van der Waals surface area contributed by atoms with E-state index in [1.807, 2.05) is 0 Å². The first kappa shape index (κ1) is 35.7. The molecule has 3 atom stereocenters. The standard InChI is InChI=1S/C31H36ClF2N2O6PS/c1-6-40-43(38,41-7-2)31(33,34)28(36-44(39)30(3,4)5)27(29(37)42-25-20-18-24(32)19-21-25)35-26(22-14-10-8-11-15-22)23-16-12-9-13-17-23/h8-21,27-28,36H,6-7H2,1-5H3/t27-,28-,44?/m0/s1. The second-order valence-electron chi connectivity index (χ2n) is 10.4. The van der Waals surface area contributed by atoms with Crippen LogP contribution in [0.25, 0.3) is 0 Å². The van der Waals surface area contributed by atoms with Crippen molar-refractivity contribution in [1.82, 2.24) is 4.72 Å². The summed E-state index contributed by atoms with van der Waals surface area (Å²) in [5.74, 6) is -1.24. The van der Waals surface area contributed by atoms with Crippen LogP contribution in [0.3, 0.4) is 0 Å². The van der Waals surface area contributed by atoms with E-state index >= 15 is 8.78 Å². The van der Waals surface area contributed by atoms with Crippen molar-refractivity contribution in [3.63, 3.8) is 0 Å². The number of rotatable bonds is 14. The Hall–Kier alpha value is -2.79. The van der Waals surface area contributed by atoms with Crippen LogP contribution in [0.15, 0.2) is 89.9 Å². The van der Waals surface area contributed by atoms with Crippen LogP contribution < -0.4 is 9.46 Å². The first-order valence-electron chi connectivity index (χ1n) is 13.8. The molecule has 3 aromatic carbocycles. The van der Waals surface area contributed by atoms with Gasteiger partial charge in [-0.25, -0.2) is 13.7 Å². The summed E-state index contributed by atoms with van der Waals surface area (Å²) in [6.07, 6.45) is 0. The van der Waals surface area contributed by atoms with Crippen molar-refractivity contribution in [2.75, 3.05) is 13.2 Å². The van der Waals surface area contributed by atoms with E-state index < -0.39 is 47.0 Å². The fraction of sp³-hybridized carbons (Fsp3) is 0.355. The van der Waals surface area contributed by atoms with Crippen molar-refractivity contribution < 1.29 is 36.1 Å². The number of hydrogen-bond donors (Lipinski definition) is 1. The lowest BCUT2D eigenvalue weighted by Gasteiger charge is -2.36. The van der Waals surface area contributed by atoms with Crippen LogP contribution in [0.5, 0.6) is 5.75 Å². The number of nitrogens with one attached hydrogen (secondary N) is 1. The normalized spacial score (nSPS) is 14.4. The minimum absolute atomic E-state index is 0.00242. The van der Waals surface area contributed by atoms with Gasteiger partial charge in [0.2, 0.25) is 0 Å². The summed E-state index contributed by atoms with van der Waals surface area (Å²) in [7, 11) is -7.49. The van der Waals surface area contributed by atoms with Crippen LogP contribution in [-0.4, -0.2) is 51.6 Å². The van der Waals surface area contributed by atoms with Crippen LogP contribution in [-0.2, 0) is 29.4 Å². The van der Waals surface area contributed by atoms with Gasteiger partial charge in [-0.15, -0.1) is 0 Å². The second-order valence-corrected chi connectivity index (χ2v) is 15.0. The molecule has 0 spiro atoms. The molecule has 0 bridgehead atoms. The third kappa shape index (κ3) is 8.90. The molecule has 0 saturated heterocycles. The number of nitrogens with zero attached hydrogens (tertiary/aromatic N) is 1. The van der Waals surface area contributed by atoms with Gasteiger partial charge >= 0.3 is 19.2 Å². The summed E-state index contributed by atoms with van der Waals surface area (Å²) in [5, 5.41) is 0.357. The maximum absolute atomic E-state index is 16.7. The van der Waals surface area contributed by atoms with E-state index in [9.17, 15) is 13.6 Å². The lowest BCUT2D eigenvalue weighted by Crippen LogP contribution is -2.58. The first-order chi connectivity index (χ1) is 20.7. The number of carbonyl (C=O) groups excluding carboxylic acids is 1. The molecule has 0 heterocycles. The van der Waals surface area contributed by atoms with Gasteiger partial charge in [0.15, 0.2) is 6.04 Å². The van der Waals surface area contributed by atoms with Gasteiger partial charge in [-0.1, -0.05) is 72.3 Å². The molecule has 1 unspecified atom stereocenters. The highest BCUT2D eigenvalue weighted by molar-refractivity contribution is 7.84. The lowest BCUT2D eigenvalue weighted by molar-refractivity contribution is -0.138. The van der Waals surface area contributed by atoms with E-state index in [0.29, 0.717) is 16.1 Å². The predicted molar refractivity (Wildman–Crippen MR) is 170 cm³/mol. The van der Waals surface area contributed by atoms with Crippen LogP contribution in [0, 0.1) is 0 Å². The topological polar surface area (TPSA) is 103 Å². The Morgan fingerprint density at radius 3 is 1.82 bits per heavy atom. The average molecular weight is 669 g/mol. The molecule has 0 aliphatic heterocycles. The molecule has 0 amide bonds. The van der Waals surface area contributed by atoms with Gasteiger partial charge in [0.1, 0.15) is 11.8 Å². The summed E-state index contributed by atoms with van der Waals surface area (Å²) in [6, 6.07) is 18.3. The van der Waals surface area contributed by atoms with Gasteiger partial charge in [-0.2, -0.15) is 8.78 Å². The monoisotopic (exact) mass is 668 g/mol. The number of alkyl halides is 2. The third-order valence-corrected chi connectivity index (χ3v) is 10.1. The highest BCUT2D eigenvalue weighted by Crippen LogP contribution is 2.64. The van der Waals surface area contributed by atoms with Crippen LogP contribution in [0.2, 0.25) is 5.02 Å². The maximum atomic E-state index is 16.7. The summed E-state index contributed by atoms with van der Waals surface area (Å²) in [5.41, 5.74) is -3.26. The average Bonchev–Trinajstić information content (AvgIpc) is 2.98. The zero-order valence-corrected chi connectivity index (χ0v) is 27.5. The smallest absolute Gasteiger partial charge is 0.401 e. The number of aliphatic imine (C=N–C) groups is 1. The van der Waals surface area contributed by atoms with Crippen LogP contribution in [0.4, 0.5) is 8.78 Å². The van der Waals surface area contributed by atoms with E-state index in [1.165, 1.54) is 38.1 Å². The second kappa shape index (κ2) is 15.5. The van der Waals surface area contributed by atoms with Crippen molar-refractivity contribution >= 4 is 41.9 Å². The van der Waals surface area contributed by atoms with Crippen LogP contribution in [0.1, 0.15) is 45.7 Å². The Kier molecular flexibility index (Phi) is 12.5. The summed E-state index contributed by atoms with van der Waals surface area (Å²) in [6.45, 7) is 6.66. The number of esters is 1. The molecule has 13 heteroatoms. The Labute approximate surface area is 264 Å². The summed E-state index contributed by atoms with van der Waals surface area (Å²) >= 11 is 5.97. The molecule has 3 rings (SSSR count). The molecule has 0 aliphatic carbocycles. The molecular formula is C31H36ClF2N2O6PS. The van der Waals surface area contributed by atoms with Gasteiger partial charge in [0.05, 0.1) is 34.7 Å². The van der Waals surface area contributed by atoms with Gasteiger partial charge in [0.25, 0.3) is 0 Å². The van der Waals surface area contributed by atoms with Crippen molar-refractivity contribution in [1.29, 1.82) is 0 Å². The summed E-state index contributed by atoms with van der Waals surface area (Å²) in [4.78, 5) is 18.5. The molecule has 0 aromatic heterocycles. The highest BCUT2D eigenvalue weighted by Gasteiger charge is 2.63. The SMILES string of the molecule is CCOP(=O)(OCC)C(F)(F)[C@@H](NS(=O)C(C)(C)C)[C@H](N=C(c1ccccc1)c1ccccc1)C(=O)Oc1ccc(Cl)cc1. The van der Waals surface area contributed by atoms with Crippen molar-refractivity contribution in [3.8, 4) is 5.75 Å². The van der Waals surface area contributed by atoms with E-state index in [0.717, 1.165) is 0 Å². The Morgan fingerprint density at radius 2 is 1.39 bits per heavy atom. The number of halogens is 3. The fourth-order valence-electron chi connectivity index (χ4n) is 3.93. The zero-order chi connectivity index (χ0) is 32.5. The Bertz CT molecular complexity index is 1440. The van der Waals surface area contributed by atoms with E-state index in [1.54, 1.807) is 81.4 Å². The molecule has 0 saturated carbocycles. The highest BCUT2D eigenvalue weighted by atomic mass is 35.5. The number of ether oxygens (including phenoxy) is 1. The van der Waals surface area contributed by atoms with E-state index in [4.69, 9.17) is 25.4 Å². The third-order valence-electron chi connectivity index (χ3n) is 6.08. The van der Waals surface area contributed by atoms with Gasteiger partial charge in [-0.05, 0) is 58.9 Å². The molecule has 1 N–H and O–H groups in total.